The predicted octanol–water partition coefficient (Wildman–Crippen LogP) is 2.92. The van der Waals surface area contributed by atoms with Gasteiger partial charge < -0.3 is 25.4 Å². The molecule has 10 heteroatoms. The smallest absolute Gasteiger partial charge is 0.488 e. The van der Waals surface area contributed by atoms with Crippen LogP contribution in [0.5, 0.6) is 5.75 Å². The van der Waals surface area contributed by atoms with Crippen molar-refractivity contribution in [3.05, 3.63) is 70.6 Å². The van der Waals surface area contributed by atoms with Gasteiger partial charge in [-0.3, -0.25) is 14.5 Å². The minimum Gasteiger partial charge on any atom is -0.505 e. The zero-order chi connectivity index (χ0) is 30.0. The normalized spacial score (nSPS) is 22.0. The second kappa shape index (κ2) is 12.7. The lowest BCUT2D eigenvalue weighted by molar-refractivity contribution is -0.123. The van der Waals surface area contributed by atoms with Gasteiger partial charge in [-0.05, 0) is 72.5 Å². The molecule has 1 aliphatic carbocycles. The van der Waals surface area contributed by atoms with E-state index < -0.39 is 61.0 Å². The van der Waals surface area contributed by atoms with Gasteiger partial charge >= 0.3 is 7.12 Å². The van der Waals surface area contributed by atoms with Gasteiger partial charge in [0.2, 0.25) is 11.8 Å². The first kappa shape index (κ1) is 30.6. The molecule has 2 amide bonds. The van der Waals surface area contributed by atoms with E-state index in [2.05, 4.69) is 0 Å². The van der Waals surface area contributed by atoms with Crippen LogP contribution in [0.25, 0.3) is 6.08 Å². The summed E-state index contributed by atoms with van der Waals surface area (Å²) in [5.41, 5.74) is 3.37. The van der Waals surface area contributed by atoms with Crippen LogP contribution in [-0.2, 0) is 9.59 Å². The fourth-order valence-electron chi connectivity index (χ4n) is 6.20. The van der Waals surface area contributed by atoms with Gasteiger partial charge in [0, 0.05) is 5.92 Å². The molecule has 0 spiro atoms. The van der Waals surface area contributed by atoms with Crippen LogP contribution in [0.2, 0.25) is 0 Å². The molecule has 218 valence electrons. The number of carbonyl (C=O) groups excluding carboxylic acids is 2. The van der Waals surface area contributed by atoms with E-state index in [4.69, 9.17) is 0 Å². The summed E-state index contributed by atoms with van der Waals surface area (Å²) in [4.78, 5) is 28.4. The molecule has 0 saturated carbocycles. The summed E-state index contributed by atoms with van der Waals surface area (Å²) in [6, 6.07) is 10.1. The summed E-state index contributed by atoms with van der Waals surface area (Å²) in [6.45, 7) is 5.45. The fraction of sp³-hybridized carbons (Fsp3) is 0.419. The zero-order valence-electron chi connectivity index (χ0n) is 23.5. The number of amides is 2. The Morgan fingerprint density at radius 1 is 1.15 bits per heavy atom. The fourth-order valence-corrected chi connectivity index (χ4v) is 6.20. The monoisotopic (exact) mass is 565 g/mol. The number of halogens is 1. The quantitative estimate of drug-likeness (QED) is 0.170. The molecule has 1 fully saturated rings. The minimum atomic E-state index is -1.76. The Kier molecular flexibility index (Phi) is 9.49. The number of hydrogen-bond donors (Lipinski definition) is 5. The van der Waals surface area contributed by atoms with Crippen LogP contribution in [0.4, 0.5) is 10.1 Å². The second-order valence-electron chi connectivity index (χ2n) is 11.2. The minimum absolute atomic E-state index is 0.0411. The Morgan fingerprint density at radius 2 is 1.88 bits per heavy atom. The number of aromatic hydroxyl groups is 1. The van der Waals surface area contributed by atoms with Crippen molar-refractivity contribution < 1.29 is 39.3 Å². The van der Waals surface area contributed by atoms with Crippen molar-refractivity contribution in [1.82, 2.24) is 0 Å². The number of fused-ring (bicyclic) bond motifs is 1. The van der Waals surface area contributed by atoms with Crippen molar-refractivity contribution in [2.75, 3.05) is 11.5 Å². The summed E-state index contributed by atoms with van der Waals surface area (Å²) in [6.07, 6.45) is 2.57. The molecule has 0 bridgehead atoms. The van der Waals surface area contributed by atoms with E-state index in [9.17, 15) is 39.3 Å². The maximum atomic E-state index is 13.8. The Hall–Kier alpha value is -3.31. The van der Waals surface area contributed by atoms with Gasteiger partial charge in [-0.15, -0.1) is 0 Å². The molecule has 5 N–H and O–H groups in total. The number of carbonyl (C=O) groups is 2. The molecule has 0 radical (unpaired) electrons. The van der Waals surface area contributed by atoms with Crippen molar-refractivity contribution in [3.63, 3.8) is 0 Å². The van der Waals surface area contributed by atoms with Crippen LogP contribution in [0.15, 0.2) is 59.2 Å². The number of allylic oxidation sites excluding steroid dienone is 2. The molecule has 4 atom stereocenters. The second-order valence-corrected chi connectivity index (χ2v) is 11.2. The first-order chi connectivity index (χ1) is 19.5. The molecule has 0 unspecified atom stereocenters. The summed E-state index contributed by atoms with van der Waals surface area (Å²) in [7, 11) is -1.76. The average Bonchev–Trinajstić information content (AvgIpc) is 3.20. The van der Waals surface area contributed by atoms with E-state index in [1.54, 1.807) is 12.1 Å². The van der Waals surface area contributed by atoms with E-state index in [1.165, 1.54) is 30.3 Å². The third kappa shape index (κ3) is 6.16. The highest BCUT2D eigenvalue weighted by Gasteiger charge is 2.55. The lowest BCUT2D eigenvalue weighted by Gasteiger charge is -2.38. The summed E-state index contributed by atoms with van der Waals surface area (Å²) < 4.78 is 13.8. The van der Waals surface area contributed by atoms with Crippen LogP contribution < -0.4 is 10.4 Å². The van der Waals surface area contributed by atoms with Gasteiger partial charge in [0.15, 0.2) is 11.6 Å². The van der Waals surface area contributed by atoms with Crippen LogP contribution in [0, 0.1) is 29.5 Å². The van der Waals surface area contributed by atoms with Crippen LogP contribution in [0.3, 0.4) is 0 Å². The van der Waals surface area contributed by atoms with Crippen molar-refractivity contribution in [2.24, 2.45) is 23.7 Å². The van der Waals surface area contributed by atoms with Crippen LogP contribution in [-0.4, -0.2) is 57.0 Å². The van der Waals surface area contributed by atoms with Crippen molar-refractivity contribution in [2.45, 2.75) is 52.6 Å². The molecule has 1 heterocycles. The van der Waals surface area contributed by atoms with Gasteiger partial charge in [-0.25, -0.2) is 4.39 Å². The van der Waals surface area contributed by atoms with Crippen molar-refractivity contribution in [3.8, 4) is 5.75 Å². The standard InChI is InChI=1S/C31H37BFNO7/c1-4-18(12-19-9-10-26(36)25(33)13-19)8-11-27(37)28-22(17(2)3)15-23-29(24(28)16-35)31(39)34(30(23)38)21-7-5-6-20(14-21)32(40)41/h5-7,9-10,12-14,17,23-24,27,29,35-37,40-41H,4,8,11,15-16H2,1-3H3/b18-12+/t23-,24+,27-,29-/m1/s1. The van der Waals surface area contributed by atoms with Gasteiger partial charge in [-0.2, -0.15) is 0 Å². The molecule has 2 aromatic rings. The number of aliphatic hydroxyl groups is 2. The highest BCUT2D eigenvalue weighted by molar-refractivity contribution is 6.58. The van der Waals surface area contributed by atoms with Crippen LogP contribution in [0.1, 0.15) is 52.0 Å². The topological polar surface area (TPSA) is 139 Å². The maximum absolute atomic E-state index is 13.8. The first-order valence-corrected chi connectivity index (χ1v) is 14.0. The SMILES string of the molecule is CC/C(=C\c1ccc(O)c(F)c1)CC[C@@H](O)C1=C(C(C)C)C[C@H]2C(=O)N(c3cccc(B(O)O)c3)C(=O)[C@H]2[C@H]1CO. The molecule has 8 nitrogen and oxygen atoms in total. The van der Waals surface area contributed by atoms with Crippen LogP contribution >= 0.6 is 0 Å². The molecular formula is C31H37BFNO7. The van der Waals surface area contributed by atoms with E-state index in [-0.39, 0.29) is 23.5 Å². The summed E-state index contributed by atoms with van der Waals surface area (Å²) in [5, 5.41) is 50.7. The lowest BCUT2D eigenvalue weighted by atomic mass is 9.66. The zero-order valence-corrected chi connectivity index (χ0v) is 23.5. The van der Waals surface area contributed by atoms with E-state index in [0.29, 0.717) is 30.4 Å². The third-order valence-corrected chi connectivity index (χ3v) is 8.33. The number of benzene rings is 2. The lowest BCUT2D eigenvalue weighted by Crippen LogP contribution is -2.40. The summed E-state index contributed by atoms with van der Waals surface area (Å²) >= 11 is 0. The Labute approximate surface area is 239 Å². The van der Waals surface area contributed by atoms with Crippen molar-refractivity contribution >= 4 is 36.2 Å². The molecule has 4 rings (SSSR count). The molecule has 1 aliphatic heterocycles. The van der Waals surface area contributed by atoms with Gasteiger partial charge in [0.1, 0.15) is 0 Å². The molecular weight excluding hydrogens is 528 g/mol. The Bertz CT molecular complexity index is 1370. The maximum Gasteiger partial charge on any atom is 0.488 e. The number of phenolic OH excluding ortho intramolecular Hbond substituents is 1. The molecule has 2 aliphatic rings. The number of phenols is 1. The number of aliphatic hydroxyl groups excluding tert-OH is 2. The largest absolute Gasteiger partial charge is 0.505 e. The highest BCUT2D eigenvalue weighted by Crippen LogP contribution is 2.48. The molecule has 1 saturated heterocycles. The van der Waals surface area contributed by atoms with Gasteiger partial charge in [-0.1, -0.05) is 56.2 Å². The highest BCUT2D eigenvalue weighted by atomic mass is 19.1. The van der Waals surface area contributed by atoms with E-state index in [0.717, 1.165) is 16.0 Å². The van der Waals surface area contributed by atoms with E-state index in [1.807, 2.05) is 26.8 Å². The number of imide groups is 1. The van der Waals surface area contributed by atoms with Gasteiger partial charge in [0.25, 0.3) is 0 Å². The van der Waals surface area contributed by atoms with E-state index >= 15 is 0 Å². The number of rotatable bonds is 10. The number of nitrogens with zero attached hydrogens (tertiary/aromatic N) is 1. The average molecular weight is 565 g/mol. The number of anilines is 1. The summed E-state index contributed by atoms with van der Waals surface area (Å²) in [5.74, 6) is -4.39. The third-order valence-electron chi connectivity index (χ3n) is 8.33. The Morgan fingerprint density at radius 3 is 2.49 bits per heavy atom. The Balaban J connectivity index is 1.62. The first-order valence-electron chi connectivity index (χ1n) is 14.0. The predicted molar refractivity (Wildman–Crippen MR) is 154 cm³/mol. The van der Waals surface area contributed by atoms with Gasteiger partial charge in [0.05, 0.1) is 30.2 Å². The number of hydrogen-bond acceptors (Lipinski definition) is 7. The molecule has 0 aromatic heterocycles. The molecule has 2 aromatic carbocycles. The van der Waals surface area contributed by atoms with Crippen molar-refractivity contribution in [1.29, 1.82) is 0 Å². The molecule has 41 heavy (non-hydrogen) atoms.